The van der Waals surface area contributed by atoms with Gasteiger partial charge in [0.15, 0.2) is 0 Å². The predicted octanol–water partition coefficient (Wildman–Crippen LogP) is 6.91. The first-order valence-electron chi connectivity index (χ1n) is 8.51. The number of allylic oxidation sites excluding steroid dienone is 4. The minimum absolute atomic E-state index is 0. The molecule has 0 radical (unpaired) electrons. The first-order chi connectivity index (χ1) is 12.7. The van der Waals surface area contributed by atoms with Crippen LogP contribution in [0.25, 0.3) is 0 Å². The van der Waals surface area contributed by atoms with E-state index in [1.165, 1.54) is 0 Å². The molecule has 1 aliphatic carbocycles. The van der Waals surface area contributed by atoms with Crippen LogP contribution in [0.4, 0.5) is 0 Å². The molecule has 3 aromatic rings. The molecule has 0 aromatic heterocycles. The Balaban J connectivity index is 0.000000332. The Morgan fingerprint density at radius 2 is 0.889 bits per heavy atom. The molecule has 0 N–H and O–H groups in total. The van der Waals surface area contributed by atoms with E-state index in [-0.39, 0.29) is 21.7 Å². The van der Waals surface area contributed by atoms with Gasteiger partial charge < -0.3 is 0 Å². The van der Waals surface area contributed by atoms with Crippen LogP contribution in [-0.2, 0) is 21.7 Å². The summed E-state index contributed by atoms with van der Waals surface area (Å²) in [5, 5.41) is 0. The van der Waals surface area contributed by atoms with Gasteiger partial charge in [-0.2, -0.15) is 79.9 Å². The monoisotopic (exact) mass is 386 g/mol. The van der Waals surface area contributed by atoms with Crippen LogP contribution in [0.15, 0.2) is 109 Å². The second-order valence-electron chi connectivity index (χ2n) is 5.46. The van der Waals surface area contributed by atoms with Crippen molar-refractivity contribution in [2.24, 2.45) is 0 Å². The average Bonchev–Trinajstić information content (AvgIpc) is 3.25. The maximum atomic E-state index is 3.72. The van der Waals surface area contributed by atoms with Gasteiger partial charge in [0.25, 0.3) is 0 Å². The molecule has 3 aromatic carbocycles. The normalized spacial score (nSPS) is 9.93. The van der Waals surface area contributed by atoms with Crippen LogP contribution in [0.2, 0.25) is 0 Å². The van der Waals surface area contributed by atoms with E-state index < -0.39 is 0 Å². The fourth-order valence-electron chi connectivity index (χ4n) is 1.77. The third-order valence-corrected chi connectivity index (χ3v) is 3.11. The Labute approximate surface area is 180 Å². The number of rotatable bonds is 0. The van der Waals surface area contributed by atoms with E-state index in [0.29, 0.717) is 0 Å². The summed E-state index contributed by atoms with van der Waals surface area (Å²) in [7, 11) is 0. The molecule has 0 amide bonds. The van der Waals surface area contributed by atoms with Crippen LogP contribution < -0.4 is 0 Å². The number of hydrogen-bond acceptors (Lipinski definition) is 0. The molecule has 0 spiro atoms. The van der Waals surface area contributed by atoms with E-state index in [1.807, 2.05) is 103 Å². The molecule has 0 unspecified atom stereocenters. The molecular formula is C26H26Ti. The Hall–Kier alpha value is -2.54. The van der Waals surface area contributed by atoms with Gasteiger partial charge in [-0.25, -0.2) is 12.2 Å². The van der Waals surface area contributed by atoms with Gasteiger partial charge in [0.2, 0.25) is 0 Å². The van der Waals surface area contributed by atoms with Crippen molar-refractivity contribution in [3.8, 4) is 0 Å². The standard InChI is InChI=1S/3C7H7.C5H5.Ti/c3*1-7-5-3-2-4-6-7;1-2-4-5-3-1;/h3*2-6H,1H2;1-3H,4H2;/q4*-1;+4. The van der Waals surface area contributed by atoms with Gasteiger partial charge in [-0.3, -0.25) is 6.08 Å². The van der Waals surface area contributed by atoms with Crippen molar-refractivity contribution >= 4 is 0 Å². The average molecular weight is 386 g/mol. The summed E-state index contributed by atoms with van der Waals surface area (Å²) in [6.07, 6.45) is 10.0. The van der Waals surface area contributed by atoms with Crippen LogP contribution in [-0.4, -0.2) is 0 Å². The van der Waals surface area contributed by atoms with Gasteiger partial charge in [-0.1, -0.05) is 18.2 Å². The van der Waals surface area contributed by atoms with E-state index in [2.05, 4.69) is 32.9 Å². The first kappa shape index (κ1) is 24.5. The first-order valence-corrected chi connectivity index (χ1v) is 8.51. The van der Waals surface area contributed by atoms with Crippen molar-refractivity contribution in [1.82, 2.24) is 0 Å². The van der Waals surface area contributed by atoms with Crippen molar-refractivity contribution in [3.05, 3.63) is 153 Å². The topological polar surface area (TPSA) is 0 Å². The van der Waals surface area contributed by atoms with E-state index in [4.69, 9.17) is 0 Å². The molecule has 0 aliphatic heterocycles. The molecule has 0 bridgehead atoms. The Kier molecular flexibility index (Phi) is 15.3. The molecule has 0 heterocycles. The third-order valence-electron chi connectivity index (χ3n) is 3.11. The smallest absolute Gasteiger partial charge is 0.273 e. The molecule has 0 saturated heterocycles. The van der Waals surface area contributed by atoms with Crippen LogP contribution in [0.5, 0.6) is 0 Å². The molecule has 1 aliphatic rings. The fraction of sp³-hybridized carbons (Fsp3) is 0.0385. The predicted molar refractivity (Wildman–Crippen MR) is 114 cm³/mol. The fourth-order valence-corrected chi connectivity index (χ4v) is 1.77. The molecule has 0 fully saturated rings. The molecule has 0 saturated carbocycles. The van der Waals surface area contributed by atoms with Crippen LogP contribution in [0.3, 0.4) is 0 Å². The van der Waals surface area contributed by atoms with Crippen molar-refractivity contribution in [3.63, 3.8) is 0 Å². The van der Waals surface area contributed by atoms with Gasteiger partial charge >= 0.3 is 21.7 Å². The summed E-state index contributed by atoms with van der Waals surface area (Å²) in [4.78, 5) is 0. The van der Waals surface area contributed by atoms with Gasteiger partial charge in [0.05, 0.1) is 0 Å². The summed E-state index contributed by atoms with van der Waals surface area (Å²) in [5.41, 5.74) is 3.22. The molecule has 0 nitrogen and oxygen atoms in total. The minimum Gasteiger partial charge on any atom is -0.273 e. The maximum Gasteiger partial charge on any atom is 4.00 e. The van der Waals surface area contributed by atoms with Gasteiger partial charge in [-0.15, -0.1) is 42.8 Å². The van der Waals surface area contributed by atoms with E-state index >= 15 is 0 Å². The summed E-state index contributed by atoms with van der Waals surface area (Å²) < 4.78 is 0. The minimum atomic E-state index is 0. The summed E-state index contributed by atoms with van der Waals surface area (Å²) in [5.74, 6) is 0. The maximum absolute atomic E-state index is 3.72. The summed E-state index contributed by atoms with van der Waals surface area (Å²) >= 11 is 0. The quantitative estimate of drug-likeness (QED) is 0.291. The zero-order valence-corrected chi connectivity index (χ0v) is 17.3. The SMILES string of the molecule is [C-]1=CC=CC1.[CH2-]c1ccccc1.[CH2-]c1ccccc1.[CH2-]c1ccccc1.[Ti+4]. The summed E-state index contributed by atoms with van der Waals surface area (Å²) in [6.45, 7) is 11.2. The third kappa shape index (κ3) is 15.4. The Morgan fingerprint density at radius 1 is 0.556 bits per heavy atom. The number of benzene rings is 3. The van der Waals surface area contributed by atoms with Crippen LogP contribution in [0.1, 0.15) is 23.1 Å². The van der Waals surface area contributed by atoms with Crippen LogP contribution in [0, 0.1) is 26.8 Å². The van der Waals surface area contributed by atoms with Gasteiger partial charge in [-0.05, 0) is 0 Å². The molecule has 134 valence electrons. The zero-order chi connectivity index (χ0) is 18.9. The Bertz CT molecular complexity index is 630. The largest absolute Gasteiger partial charge is 4.00 e. The van der Waals surface area contributed by atoms with Crippen molar-refractivity contribution < 1.29 is 21.7 Å². The Morgan fingerprint density at radius 3 is 1.00 bits per heavy atom. The molecule has 4 rings (SSSR count). The molecule has 1 heteroatoms. The van der Waals surface area contributed by atoms with E-state index in [9.17, 15) is 0 Å². The summed E-state index contributed by atoms with van der Waals surface area (Å²) in [6, 6.07) is 29.6. The second-order valence-corrected chi connectivity index (χ2v) is 5.46. The van der Waals surface area contributed by atoms with Crippen molar-refractivity contribution in [2.45, 2.75) is 6.42 Å². The van der Waals surface area contributed by atoms with E-state index in [0.717, 1.165) is 23.1 Å². The number of hydrogen-bond donors (Lipinski definition) is 0. The molecule has 0 atom stereocenters. The van der Waals surface area contributed by atoms with Gasteiger partial charge in [0, 0.05) is 0 Å². The zero-order valence-electron chi connectivity index (χ0n) is 15.7. The molecular weight excluding hydrogens is 360 g/mol. The van der Waals surface area contributed by atoms with E-state index in [1.54, 1.807) is 0 Å². The van der Waals surface area contributed by atoms with Crippen molar-refractivity contribution in [1.29, 1.82) is 0 Å². The van der Waals surface area contributed by atoms with Crippen molar-refractivity contribution in [2.75, 3.05) is 0 Å². The second kappa shape index (κ2) is 16.9. The van der Waals surface area contributed by atoms with Gasteiger partial charge in [0.1, 0.15) is 0 Å². The molecule has 27 heavy (non-hydrogen) atoms. The van der Waals surface area contributed by atoms with Crippen LogP contribution >= 0.6 is 0 Å².